The van der Waals surface area contributed by atoms with Crippen molar-refractivity contribution < 1.29 is 19.0 Å². The van der Waals surface area contributed by atoms with Crippen molar-refractivity contribution in [2.75, 3.05) is 26.4 Å². The summed E-state index contributed by atoms with van der Waals surface area (Å²) in [5, 5.41) is 9.73. The van der Waals surface area contributed by atoms with Gasteiger partial charge in [-0.25, -0.2) is 4.52 Å². The van der Waals surface area contributed by atoms with E-state index in [4.69, 9.17) is 19.3 Å². The first-order valence-corrected chi connectivity index (χ1v) is 12.7. The Balaban J connectivity index is 1.48. The van der Waals surface area contributed by atoms with Crippen LogP contribution in [0.2, 0.25) is 0 Å². The van der Waals surface area contributed by atoms with Crippen molar-refractivity contribution >= 4 is 22.2 Å². The van der Waals surface area contributed by atoms with Crippen LogP contribution >= 0.6 is 11.3 Å². The number of aryl methyl sites for hydroxylation is 1. The van der Waals surface area contributed by atoms with Crippen LogP contribution in [0.4, 0.5) is 0 Å². The summed E-state index contributed by atoms with van der Waals surface area (Å²) in [6.07, 6.45) is 0.621. The molecule has 0 aliphatic rings. The van der Waals surface area contributed by atoms with Gasteiger partial charge in [-0.2, -0.15) is 4.98 Å². The van der Waals surface area contributed by atoms with Crippen molar-refractivity contribution in [3.8, 4) is 28.6 Å². The fourth-order valence-corrected chi connectivity index (χ4v) is 4.62. The SMILES string of the molecule is CCOc1cc(C(=O)NCCc2csc3nc(-c4ccccc4C)nn23)cc(OCC)c1OCC. The van der Waals surface area contributed by atoms with Gasteiger partial charge in [-0.15, -0.1) is 16.4 Å². The average Bonchev–Trinajstić information content (AvgIpc) is 3.43. The molecule has 0 aliphatic carbocycles. The van der Waals surface area contributed by atoms with Gasteiger partial charge < -0.3 is 19.5 Å². The lowest BCUT2D eigenvalue weighted by molar-refractivity contribution is 0.0953. The van der Waals surface area contributed by atoms with Gasteiger partial charge in [-0.1, -0.05) is 24.3 Å². The Morgan fingerprint density at radius 3 is 2.37 bits per heavy atom. The molecular weight excluding hydrogens is 464 g/mol. The fraction of sp³-hybridized carbons (Fsp3) is 0.346. The summed E-state index contributed by atoms with van der Waals surface area (Å²) in [5.41, 5.74) is 3.61. The zero-order chi connectivity index (χ0) is 24.8. The number of nitrogens with zero attached hydrogens (tertiary/aromatic N) is 3. The number of nitrogens with one attached hydrogen (secondary N) is 1. The summed E-state index contributed by atoms with van der Waals surface area (Å²) in [4.78, 5) is 18.5. The number of carbonyl (C=O) groups excluding carboxylic acids is 1. The van der Waals surface area contributed by atoms with Crippen LogP contribution in [0.5, 0.6) is 17.2 Å². The predicted octanol–water partition coefficient (Wildman–Crippen LogP) is 4.93. The van der Waals surface area contributed by atoms with E-state index < -0.39 is 0 Å². The third kappa shape index (κ3) is 5.40. The Morgan fingerprint density at radius 1 is 1.03 bits per heavy atom. The number of hydrogen-bond acceptors (Lipinski definition) is 7. The van der Waals surface area contributed by atoms with Gasteiger partial charge in [-0.3, -0.25) is 4.79 Å². The summed E-state index contributed by atoms with van der Waals surface area (Å²) in [6, 6.07) is 11.5. The van der Waals surface area contributed by atoms with Crippen molar-refractivity contribution in [3.63, 3.8) is 0 Å². The highest BCUT2D eigenvalue weighted by Crippen LogP contribution is 2.39. The summed E-state index contributed by atoms with van der Waals surface area (Å²) >= 11 is 1.54. The van der Waals surface area contributed by atoms with Crippen molar-refractivity contribution in [3.05, 3.63) is 58.6 Å². The molecule has 9 heteroatoms. The highest BCUT2D eigenvalue weighted by molar-refractivity contribution is 7.15. The number of benzene rings is 2. The Bertz CT molecular complexity index is 1290. The molecule has 2 aromatic carbocycles. The number of aromatic nitrogens is 3. The Labute approximate surface area is 208 Å². The number of ether oxygens (including phenoxy) is 3. The molecule has 0 aliphatic heterocycles. The quantitative estimate of drug-likeness (QED) is 0.318. The van der Waals surface area contributed by atoms with Crippen LogP contribution in [-0.2, 0) is 6.42 Å². The predicted molar refractivity (Wildman–Crippen MR) is 137 cm³/mol. The van der Waals surface area contributed by atoms with Crippen LogP contribution in [0.3, 0.4) is 0 Å². The summed E-state index contributed by atoms with van der Waals surface area (Å²) in [5.74, 6) is 2.01. The maximum absolute atomic E-state index is 13.0. The maximum Gasteiger partial charge on any atom is 0.251 e. The molecule has 35 heavy (non-hydrogen) atoms. The second kappa shape index (κ2) is 11.2. The Hall–Kier alpha value is -3.59. The van der Waals surface area contributed by atoms with Crippen molar-refractivity contribution in [2.24, 2.45) is 0 Å². The second-order valence-electron chi connectivity index (χ2n) is 7.78. The van der Waals surface area contributed by atoms with Gasteiger partial charge in [0.25, 0.3) is 5.91 Å². The van der Waals surface area contributed by atoms with E-state index in [1.165, 1.54) is 0 Å². The van der Waals surface area contributed by atoms with Gasteiger partial charge in [0.2, 0.25) is 10.7 Å². The van der Waals surface area contributed by atoms with E-state index in [1.807, 2.05) is 48.9 Å². The van der Waals surface area contributed by atoms with Gasteiger partial charge in [0.15, 0.2) is 17.3 Å². The minimum Gasteiger partial charge on any atom is -0.490 e. The number of thiazole rings is 1. The zero-order valence-corrected chi connectivity index (χ0v) is 21.3. The fourth-order valence-electron chi connectivity index (χ4n) is 3.76. The van der Waals surface area contributed by atoms with Gasteiger partial charge in [0.05, 0.1) is 25.5 Å². The van der Waals surface area contributed by atoms with Crippen LogP contribution in [0.25, 0.3) is 16.3 Å². The topological polar surface area (TPSA) is 87.0 Å². The molecule has 184 valence electrons. The lowest BCUT2D eigenvalue weighted by atomic mass is 10.1. The number of amides is 1. The lowest BCUT2D eigenvalue weighted by Crippen LogP contribution is -2.26. The Morgan fingerprint density at radius 2 is 1.71 bits per heavy atom. The summed E-state index contributed by atoms with van der Waals surface area (Å²) < 4.78 is 19.0. The van der Waals surface area contributed by atoms with Crippen molar-refractivity contribution in [1.29, 1.82) is 0 Å². The molecule has 8 nitrogen and oxygen atoms in total. The zero-order valence-electron chi connectivity index (χ0n) is 20.5. The van der Waals surface area contributed by atoms with Crippen LogP contribution in [0.15, 0.2) is 41.8 Å². The smallest absolute Gasteiger partial charge is 0.251 e. The average molecular weight is 495 g/mol. The first kappa shape index (κ1) is 24.5. The monoisotopic (exact) mass is 494 g/mol. The number of carbonyl (C=O) groups is 1. The van der Waals surface area contributed by atoms with Gasteiger partial charge in [0, 0.05) is 29.5 Å². The minimum atomic E-state index is -0.208. The molecule has 2 aromatic heterocycles. The summed E-state index contributed by atoms with van der Waals surface area (Å²) in [6.45, 7) is 9.54. The molecule has 0 spiro atoms. The van der Waals surface area contributed by atoms with Crippen LogP contribution in [0, 0.1) is 6.92 Å². The van der Waals surface area contributed by atoms with Crippen LogP contribution in [-0.4, -0.2) is 46.9 Å². The molecule has 4 rings (SSSR count). The van der Waals surface area contributed by atoms with E-state index in [0.717, 1.165) is 21.8 Å². The Kier molecular flexibility index (Phi) is 7.87. The van der Waals surface area contributed by atoms with Gasteiger partial charge in [-0.05, 0) is 45.4 Å². The van der Waals surface area contributed by atoms with E-state index in [1.54, 1.807) is 23.5 Å². The third-order valence-corrected chi connectivity index (χ3v) is 6.24. The first-order valence-electron chi connectivity index (χ1n) is 11.8. The lowest BCUT2D eigenvalue weighted by Gasteiger charge is -2.17. The molecule has 2 heterocycles. The summed E-state index contributed by atoms with van der Waals surface area (Å²) in [7, 11) is 0. The normalized spacial score (nSPS) is 11.0. The molecule has 0 saturated heterocycles. The molecule has 0 radical (unpaired) electrons. The van der Waals surface area contributed by atoms with Gasteiger partial charge in [0.1, 0.15) is 0 Å². The van der Waals surface area contributed by atoms with Crippen LogP contribution < -0.4 is 19.5 Å². The van der Waals surface area contributed by atoms with Crippen molar-refractivity contribution in [2.45, 2.75) is 34.1 Å². The maximum atomic E-state index is 13.0. The van der Waals surface area contributed by atoms with Crippen molar-refractivity contribution in [1.82, 2.24) is 19.9 Å². The largest absolute Gasteiger partial charge is 0.490 e. The molecule has 0 bridgehead atoms. The molecule has 0 unspecified atom stereocenters. The number of hydrogen-bond donors (Lipinski definition) is 1. The molecule has 1 amide bonds. The first-order chi connectivity index (χ1) is 17.0. The van der Waals surface area contributed by atoms with E-state index in [2.05, 4.69) is 23.3 Å². The highest BCUT2D eigenvalue weighted by Gasteiger charge is 2.19. The van der Waals surface area contributed by atoms with E-state index >= 15 is 0 Å². The minimum absolute atomic E-state index is 0.208. The van der Waals surface area contributed by atoms with Crippen LogP contribution in [0.1, 0.15) is 42.4 Å². The standard InChI is InChI=1S/C26H30N4O4S/c1-5-32-21-14-18(15-22(33-6-2)23(21)34-7-3)25(31)27-13-12-19-16-35-26-28-24(29-30(19)26)20-11-9-8-10-17(20)4/h8-11,14-16H,5-7,12-13H2,1-4H3,(H,27,31). The molecule has 0 atom stereocenters. The molecule has 1 N–H and O–H groups in total. The molecular formula is C26H30N4O4S. The third-order valence-electron chi connectivity index (χ3n) is 5.37. The highest BCUT2D eigenvalue weighted by atomic mass is 32.1. The second-order valence-corrected chi connectivity index (χ2v) is 8.61. The number of rotatable bonds is 11. The van der Waals surface area contributed by atoms with Gasteiger partial charge >= 0.3 is 0 Å². The molecule has 0 saturated carbocycles. The molecule has 4 aromatic rings. The van der Waals surface area contributed by atoms with E-state index in [0.29, 0.717) is 61.4 Å². The van der Waals surface area contributed by atoms with E-state index in [9.17, 15) is 4.79 Å². The van der Waals surface area contributed by atoms with E-state index in [-0.39, 0.29) is 5.91 Å². The molecule has 0 fully saturated rings. The number of fused-ring (bicyclic) bond motifs is 1.